The molecule has 1 unspecified atom stereocenters. The van der Waals surface area contributed by atoms with Crippen LogP contribution in [0.4, 0.5) is 5.69 Å². The summed E-state index contributed by atoms with van der Waals surface area (Å²) in [5.41, 5.74) is 2.87. The van der Waals surface area contributed by atoms with Gasteiger partial charge in [-0.05, 0) is 25.5 Å². The number of aryl methyl sites for hydroxylation is 1. The first-order valence-corrected chi connectivity index (χ1v) is 7.55. The molecule has 0 radical (unpaired) electrons. The van der Waals surface area contributed by atoms with Gasteiger partial charge < -0.3 is 15.0 Å². The molecule has 1 aromatic heterocycles. The van der Waals surface area contributed by atoms with Crippen LogP contribution in [-0.4, -0.2) is 42.0 Å². The zero-order chi connectivity index (χ0) is 15.7. The van der Waals surface area contributed by atoms with Crippen LogP contribution < -0.4 is 10.1 Å². The number of pyridine rings is 1. The fourth-order valence-corrected chi connectivity index (χ4v) is 3.02. The second kappa shape index (κ2) is 5.83. The number of amides is 1. The monoisotopic (exact) mass is 299 g/mol. The van der Waals surface area contributed by atoms with E-state index in [1.54, 1.807) is 14.0 Å². The van der Waals surface area contributed by atoms with Gasteiger partial charge in [0.2, 0.25) is 5.91 Å². The minimum Gasteiger partial charge on any atom is -0.494 e. The first-order valence-electron chi connectivity index (χ1n) is 7.55. The largest absolute Gasteiger partial charge is 0.494 e. The average Bonchev–Trinajstić information content (AvgIpc) is 2.95. The van der Waals surface area contributed by atoms with Crippen LogP contribution in [0, 0.1) is 6.92 Å². The Bertz CT molecular complexity index is 714. The first kappa shape index (κ1) is 14.6. The predicted octanol–water partition coefficient (Wildman–Crippen LogP) is 2.58. The molecule has 5 heteroatoms. The van der Waals surface area contributed by atoms with Crippen molar-refractivity contribution in [3.8, 4) is 5.75 Å². The number of hydrogen-bond donors (Lipinski definition) is 1. The molecular weight excluding hydrogens is 278 g/mol. The van der Waals surface area contributed by atoms with Gasteiger partial charge in [0.05, 0.1) is 7.11 Å². The van der Waals surface area contributed by atoms with Crippen LogP contribution in [0.2, 0.25) is 0 Å². The Kier molecular flexibility index (Phi) is 3.88. The number of methoxy groups -OCH3 is 1. The second-order valence-electron chi connectivity index (χ2n) is 5.76. The van der Waals surface area contributed by atoms with Crippen LogP contribution in [0.15, 0.2) is 24.3 Å². The van der Waals surface area contributed by atoms with E-state index in [4.69, 9.17) is 4.74 Å². The Hall–Kier alpha value is -2.30. The highest BCUT2D eigenvalue weighted by Crippen LogP contribution is 2.31. The van der Waals surface area contributed by atoms with Crippen molar-refractivity contribution in [1.29, 1.82) is 0 Å². The number of carbonyl (C=O) groups is 1. The molecule has 116 valence electrons. The van der Waals surface area contributed by atoms with Crippen LogP contribution in [-0.2, 0) is 4.79 Å². The van der Waals surface area contributed by atoms with Crippen LogP contribution in [0.3, 0.4) is 0 Å². The quantitative estimate of drug-likeness (QED) is 0.946. The summed E-state index contributed by atoms with van der Waals surface area (Å²) >= 11 is 0. The highest BCUT2D eigenvalue weighted by molar-refractivity contribution is 5.95. The van der Waals surface area contributed by atoms with E-state index in [0.29, 0.717) is 0 Å². The molecule has 0 aliphatic carbocycles. The van der Waals surface area contributed by atoms with Crippen LogP contribution >= 0.6 is 0 Å². The van der Waals surface area contributed by atoms with Crippen molar-refractivity contribution in [3.63, 3.8) is 0 Å². The molecule has 2 heterocycles. The average molecular weight is 299 g/mol. The summed E-state index contributed by atoms with van der Waals surface area (Å²) in [6.07, 6.45) is 0.965. The molecule has 22 heavy (non-hydrogen) atoms. The lowest BCUT2D eigenvalue weighted by molar-refractivity contribution is -0.127. The van der Waals surface area contributed by atoms with Crippen molar-refractivity contribution in [2.24, 2.45) is 0 Å². The number of rotatable bonds is 3. The second-order valence-corrected chi connectivity index (χ2v) is 5.76. The number of carbonyl (C=O) groups excluding carboxylic acids is 1. The zero-order valence-corrected chi connectivity index (χ0v) is 13.2. The summed E-state index contributed by atoms with van der Waals surface area (Å²) in [6, 6.07) is 8.27. The van der Waals surface area contributed by atoms with Crippen LogP contribution in [0.25, 0.3) is 10.9 Å². The molecule has 5 nitrogen and oxygen atoms in total. The standard InChI is InChI=1S/C17H21N3O2/c1-11-9-15(19-13-7-8-20(10-13)12(2)21)14-5-4-6-16(22-3)17(14)18-11/h4-6,9,13H,7-8,10H2,1-3H3,(H,18,19). The molecule has 3 rings (SSSR count). The third-order valence-corrected chi connectivity index (χ3v) is 4.14. The van der Waals surface area contributed by atoms with Gasteiger partial charge >= 0.3 is 0 Å². The van der Waals surface area contributed by atoms with E-state index < -0.39 is 0 Å². The smallest absolute Gasteiger partial charge is 0.219 e. The highest BCUT2D eigenvalue weighted by Gasteiger charge is 2.24. The zero-order valence-electron chi connectivity index (χ0n) is 13.2. The van der Waals surface area contributed by atoms with Crippen molar-refractivity contribution in [2.45, 2.75) is 26.3 Å². The number of aromatic nitrogens is 1. The van der Waals surface area contributed by atoms with Gasteiger partial charge in [0, 0.05) is 42.8 Å². The Morgan fingerprint density at radius 1 is 1.45 bits per heavy atom. The summed E-state index contributed by atoms with van der Waals surface area (Å²) < 4.78 is 5.41. The third kappa shape index (κ3) is 2.71. The number of benzene rings is 1. The Balaban J connectivity index is 1.92. The third-order valence-electron chi connectivity index (χ3n) is 4.14. The molecule has 0 saturated carbocycles. The van der Waals surface area contributed by atoms with Gasteiger partial charge in [-0.25, -0.2) is 4.98 Å². The first-order chi connectivity index (χ1) is 10.6. The maximum Gasteiger partial charge on any atom is 0.219 e. The summed E-state index contributed by atoms with van der Waals surface area (Å²) in [7, 11) is 1.66. The Morgan fingerprint density at radius 3 is 2.95 bits per heavy atom. The summed E-state index contributed by atoms with van der Waals surface area (Å²) in [5, 5.41) is 4.62. The number of nitrogens with one attached hydrogen (secondary N) is 1. The lowest BCUT2D eigenvalue weighted by atomic mass is 10.1. The van der Waals surface area contributed by atoms with Crippen molar-refractivity contribution >= 4 is 22.5 Å². The van der Waals surface area contributed by atoms with Crippen LogP contribution in [0.1, 0.15) is 19.0 Å². The normalized spacial score (nSPS) is 17.8. The van der Waals surface area contributed by atoms with E-state index in [0.717, 1.165) is 47.5 Å². The van der Waals surface area contributed by atoms with E-state index in [1.165, 1.54) is 0 Å². The van der Waals surface area contributed by atoms with Gasteiger partial charge in [-0.15, -0.1) is 0 Å². The molecule has 1 fully saturated rings. The topological polar surface area (TPSA) is 54.5 Å². The lowest BCUT2D eigenvalue weighted by Crippen LogP contribution is -2.29. The number of ether oxygens (including phenoxy) is 1. The molecular formula is C17H21N3O2. The van der Waals surface area contributed by atoms with E-state index >= 15 is 0 Å². The molecule has 0 bridgehead atoms. The van der Waals surface area contributed by atoms with Crippen LogP contribution in [0.5, 0.6) is 5.75 Å². The van der Waals surface area contributed by atoms with Gasteiger partial charge in [-0.1, -0.05) is 12.1 Å². The minimum atomic E-state index is 0.140. The molecule has 1 aromatic carbocycles. The van der Waals surface area contributed by atoms with Gasteiger partial charge in [0.25, 0.3) is 0 Å². The minimum absolute atomic E-state index is 0.140. The molecule has 1 amide bonds. The molecule has 1 aliphatic rings. The molecule has 1 atom stereocenters. The SMILES string of the molecule is COc1cccc2c(NC3CCN(C(C)=O)C3)cc(C)nc12. The van der Waals surface area contributed by atoms with E-state index in [-0.39, 0.29) is 11.9 Å². The highest BCUT2D eigenvalue weighted by atomic mass is 16.5. The summed E-state index contributed by atoms with van der Waals surface area (Å²) in [4.78, 5) is 17.9. The maximum absolute atomic E-state index is 11.5. The van der Waals surface area contributed by atoms with Crippen molar-refractivity contribution in [3.05, 3.63) is 30.0 Å². The number of nitrogens with zero attached hydrogens (tertiary/aromatic N) is 2. The Labute approximate surface area is 130 Å². The van der Waals surface area contributed by atoms with E-state index in [1.807, 2.05) is 30.0 Å². The fraction of sp³-hybridized carbons (Fsp3) is 0.412. The number of likely N-dealkylation sites (tertiary alicyclic amines) is 1. The van der Waals surface area contributed by atoms with E-state index in [2.05, 4.69) is 16.4 Å². The maximum atomic E-state index is 11.5. The van der Waals surface area contributed by atoms with Crippen molar-refractivity contribution in [1.82, 2.24) is 9.88 Å². The van der Waals surface area contributed by atoms with Gasteiger partial charge in [0.15, 0.2) is 0 Å². The van der Waals surface area contributed by atoms with Gasteiger partial charge in [-0.2, -0.15) is 0 Å². The van der Waals surface area contributed by atoms with Crippen molar-refractivity contribution in [2.75, 3.05) is 25.5 Å². The molecule has 1 aliphatic heterocycles. The van der Waals surface area contributed by atoms with Gasteiger partial charge in [0.1, 0.15) is 11.3 Å². The fourth-order valence-electron chi connectivity index (χ4n) is 3.02. The summed E-state index contributed by atoms with van der Waals surface area (Å²) in [5.74, 6) is 0.919. The number of para-hydroxylation sites is 1. The number of hydrogen-bond acceptors (Lipinski definition) is 4. The molecule has 1 N–H and O–H groups in total. The van der Waals surface area contributed by atoms with E-state index in [9.17, 15) is 4.79 Å². The molecule has 0 spiro atoms. The molecule has 1 saturated heterocycles. The van der Waals surface area contributed by atoms with Gasteiger partial charge in [-0.3, -0.25) is 4.79 Å². The molecule has 2 aromatic rings. The summed E-state index contributed by atoms with van der Waals surface area (Å²) in [6.45, 7) is 5.17. The predicted molar refractivity (Wildman–Crippen MR) is 87.3 cm³/mol. The number of fused-ring (bicyclic) bond motifs is 1. The lowest BCUT2D eigenvalue weighted by Gasteiger charge is -2.18. The Morgan fingerprint density at radius 2 is 2.27 bits per heavy atom. The van der Waals surface area contributed by atoms with Crippen molar-refractivity contribution < 1.29 is 9.53 Å². The number of anilines is 1.